The average molecular weight is 378 g/mol. The van der Waals surface area contributed by atoms with Gasteiger partial charge in [-0.25, -0.2) is 4.98 Å². The molecule has 0 saturated heterocycles. The van der Waals surface area contributed by atoms with Gasteiger partial charge in [0.05, 0.1) is 24.9 Å². The number of nitrogens with one attached hydrogen (secondary N) is 1. The van der Waals surface area contributed by atoms with Crippen molar-refractivity contribution in [3.63, 3.8) is 0 Å². The van der Waals surface area contributed by atoms with Crippen LogP contribution >= 0.6 is 15.9 Å². The van der Waals surface area contributed by atoms with E-state index >= 15 is 0 Å². The summed E-state index contributed by atoms with van der Waals surface area (Å²) in [5.41, 5.74) is 10.3. The van der Waals surface area contributed by atoms with Crippen LogP contribution in [0, 0.1) is 13.8 Å². The van der Waals surface area contributed by atoms with Crippen LogP contribution in [-0.2, 0) is 6.54 Å². The highest BCUT2D eigenvalue weighted by molar-refractivity contribution is 9.10. The Morgan fingerprint density at radius 3 is 2.70 bits per heavy atom. The van der Waals surface area contributed by atoms with Crippen molar-refractivity contribution in [3.8, 4) is 5.75 Å². The van der Waals surface area contributed by atoms with Gasteiger partial charge in [-0.15, -0.1) is 0 Å². The zero-order chi connectivity index (χ0) is 17.1. The van der Waals surface area contributed by atoms with Crippen molar-refractivity contribution in [3.05, 3.63) is 39.8 Å². The highest BCUT2D eigenvalue weighted by Crippen LogP contribution is 2.29. The molecule has 3 N–H and O–H groups in total. The van der Waals surface area contributed by atoms with E-state index < -0.39 is 0 Å². The molecule has 0 bridgehead atoms. The second-order valence-electron chi connectivity index (χ2n) is 5.28. The van der Waals surface area contributed by atoms with E-state index in [0.29, 0.717) is 17.0 Å². The fraction of sp³-hybridized carbons (Fsp3) is 0.312. The van der Waals surface area contributed by atoms with Gasteiger partial charge in [0.2, 0.25) is 5.95 Å². The Hall–Kier alpha value is -2.15. The van der Waals surface area contributed by atoms with Crippen LogP contribution < -0.4 is 15.8 Å². The van der Waals surface area contributed by atoms with Crippen LogP contribution in [-0.4, -0.2) is 22.1 Å². The number of aryl methyl sites for hydroxylation is 1. The minimum absolute atomic E-state index is 0.190. The number of anilines is 2. The van der Waals surface area contributed by atoms with Gasteiger partial charge in [0, 0.05) is 17.3 Å². The first-order chi connectivity index (χ1) is 10.8. The maximum absolute atomic E-state index is 5.74. The fourth-order valence-electron chi connectivity index (χ4n) is 2.37. The van der Waals surface area contributed by atoms with E-state index in [4.69, 9.17) is 10.5 Å². The molecule has 0 amide bonds. The Morgan fingerprint density at radius 1 is 1.39 bits per heavy atom. The number of aromatic nitrogens is 3. The number of nitrogens with two attached hydrogens (primary N) is 1. The first kappa shape index (κ1) is 17.2. The topological polar surface area (TPSA) is 86.0 Å². The molecule has 2 rings (SSSR count). The largest absolute Gasteiger partial charge is 0.496 e. The molecule has 23 heavy (non-hydrogen) atoms. The van der Waals surface area contributed by atoms with Gasteiger partial charge in [0.1, 0.15) is 16.2 Å². The lowest BCUT2D eigenvalue weighted by Crippen LogP contribution is -2.10. The molecule has 0 unspecified atom stereocenters. The molecular formula is C16H20BrN5O. The van der Waals surface area contributed by atoms with Crippen LogP contribution in [0.1, 0.15) is 29.3 Å². The number of rotatable bonds is 5. The molecule has 0 spiro atoms. The van der Waals surface area contributed by atoms with Crippen molar-refractivity contribution in [1.29, 1.82) is 0 Å². The van der Waals surface area contributed by atoms with E-state index in [1.807, 2.05) is 20.8 Å². The first-order valence-electron chi connectivity index (χ1n) is 7.07. The molecule has 7 heteroatoms. The van der Waals surface area contributed by atoms with Crippen molar-refractivity contribution in [1.82, 2.24) is 15.0 Å². The second kappa shape index (κ2) is 6.95. The number of ether oxygens (including phenoxy) is 1. The van der Waals surface area contributed by atoms with Gasteiger partial charge in [-0.3, -0.25) is 4.98 Å². The Kier molecular flexibility index (Phi) is 5.20. The summed E-state index contributed by atoms with van der Waals surface area (Å²) in [4.78, 5) is 12.8. The number of nitrogen functional groups attached to an aromatic ring is 1. The van der Waals surface area contributed by atoms with E-state index in [-0.39, 0.29) is 5.95 Å². The van der Waals surface area contributed by atoms with E-state index in [1.165, 1.54) is 0 Å². The molecule has 6 nitrogen and oxygen atoms in total. The van der Waals surface area contributed by atoms with E-state index in [9.17, 15) is 0 Å². The molecule has 122 valence electrons. The highest BCUT2D eigenvalue weighted by Gasteiger charge is 2.14. The number of methoxy groups -OCH3 is 1. The highest BCUT2D eigenvalue weighted by atomic mass is 79.9. The minimum Gasteiger partial charge on any atom is -0.496 e. The quantitative estimate of drug-likeness (QED) is 0.775. The molecule has 0 radical (unpaired) electrons. The van der Waals surface area contributed by atoms with Gasteiger partial charge in [-0.1, -0.05) is 6.58 Å². The minimum atomic E-state index is 0.190. The number of halogens is 1. The van der Waals surface area contributed by atoms with Gasteiger partial charge < -0.3 is 15.8 Å². The van der Waals surface area contributed by atoms with E-state index in [2.05, 4.69) is 42.8 Å². The number of nitrogens with zero attached hydrogens (tertiary/aromatic N) is 3. The maximum Gasteiger partial charge on any atom is 0.223 e. The summed E-state index contributed by atoms with van der Waals surface area (Å²) in [6.45, 7) is 10.3. The van der Waals surface area contributed by atoms with Crippen molar-refractivity contribution in [2.45, 2.75) is 27.3 Å². The normalized spacial score (nSPS) is 10.5. The van der Waals surface area contributed by atoms with Crippen LogP contribution in [0.2, 0.25) is 0 Å². The van der Waals surface area contributed by atoms with Crippen LogP contribution in [0.3, 0.4) is 0 Å². The average Bonchev–Trinajstić information content (AvgIpc) is 2.45. The summed E-state index contributed by atoms with van der Waals surface area (Å²) in [7, 11) is 1.66. The van der Waals surface area contributed by atoms with Crippen molar-refractivity contribution < 1.29 is 4.74 Å². The van der Waals surface area contributed by atoms with Gasteiger partial charge in [-0.05, 0) is 42.3 Å². The van der Waals surface area contributed by atoms with Crippen molar-refractivity contribution in [2.24, 2.45) is 0 Å². The smallest absolute Gasteiger partial charge is 0.223 e. The van der Waals surface area contributed by atoms with Gasteiger partial charge >= 0.3 is 0 Å². The summed E-state index contributed by atoms with van der Waals surface area (Å²) < 4.78 is 6.05. The fourth-order valence-corrected chi connectivity index (χ4v) is 3.08. The summed E-state index contributed by atoms with van der Waals surface area (Å²) in [5.74, 6) is 1.66. The predicted molar refractivity (Wildman–Crippen MR) is 96.4 cm³/mol. The summed E-state index contributed by atoms with van der Waals surface area (Å²) in [5, 5.41) is 3.26. The molecule has 0 saturated carbocycles. The van der Waals surface area contributed by atoms with E-state index in [0.717, 1.165) is 33.7 Å². The molecule has 2 aromatic heterocycles. The number of hydrogen-bond acceptors (Lipinski definition) is 6. The summed E-state index contributed by atoms with van der Waals surface area (Å²) >= 11 is 3.40. The van der Waals surface area contributed by atoms with Crippen LogP contribution in [0.25, 0.3) is 5.57 Å². The lowest BCUT2D eigenvalue weighted by atomic mass is 10.1. The molecular weight excluding hydrogens is 358 g/mol. The summed E-state index contributed by atoms with van der Waals surface area (Å²) in [6, 6.07) is 0. The Morgan fingerprint density at radius 2 is 2.09 bits per heavy atom. The van der Waals surface area contributed by atoms with Gasteiger partial charge in [-0.2, -0.15) is 4.98 Å². The molecule has 2 aromatic rings. The van der Waals surface area contributed by atoms with E-state index in [1.54, 1.807) is 13.3 Å². The van der Waals surface area contributed by atoms with Crippen LogP contribution in [0.15, 0.2) is 17.4 Å². The van der Waals surface area contributed by atoms with Gasteiger partial charge in [0.15, 0.2) is 0 Å². The SMILES string of the molecule is C=C(C)c1c(Br)nc(N)nc1NCc1ncc(C)c(OC)c1C. The number of pyridine rings is 1. The third-order valence-corrected chi connectivity index (χ3v) is 4.06. The third-order valence-electron chi connectivity index (χ3n) is 3.48. The van der Waals surface area contributed by atoms with Crippen LogP contribution in [0.4, 0.5) is 11.8 Å². The zero-order valence-corrected chi connectivity index (χ0v) is 15.3. The molecule has 2 heterocycles. The first-order valence-corrected chi connectivity index (χ1v) is 7.86. The maximum atomic E-state index is 5.74. The monoisotopic (exact) mass is 377 g/mol. The standard InChI is InChI=1S/C16H20BrN5O/c1-8(2)12-14(17)21-16(18)22-15(12)20-7-11-10(4)13(23-5)9(3)6-19-11/h6H,1,7H2,2-5H3,(H3,18,20,21,22). The van der Waals surface area contributed by atoms with Crippen molar-refractivity contribution >= 4 is 33.3 Å². The lowest BCUT2D eigenvalue weighted by Gasteiger charge is -2.15. The Bertz CT molecular complexity index is 761. The Labute approximate surface area is 144 Å². The molecule has 0 aliphatic heterocycles. The number of allylic oxidation sites excluding steroid dienone is 1. The molecule has 0 aliphatic rings. The molecule has 0 aliphatic carbocycles. The summed E-state index contributed by atoms with van der Waals surface area (Å²) in [6.07, 6.45) is 1.80. The second-order valence-corrected chi connectivity index (χ2v) is 6.03. The molecule has 0 atom stereocenters. The van der Waals surface area contributed by atoms with Crippen molar-refractivity contribution in [2.75, 3.05) is 18.2 Å². The van der Waals surface area contributed by atoms with Crippen LogP contribution in [0.5, 0.6) is 5.75 Å². The number of hydrogen-bond donors (Lipinski definition) is 2. The molecule has 0 aromatic carbocycles. The molecule has 0 fully saturated rings. The zero-order valence-electron chi connectivity index (χ0n) is 13.7. The lowest BCUT2D eigenvalue weighted by molar-refractivity contribution is 0.407. The van der Waals surface area contributed by atoms with Gasteiger partial charge in [0.25, 0.3) is 0 Å². The third kappa shape index (κ3) is 3.61. The predicted octanol–water partition coefficient (Wildman–Crippen LogP) is 3.49. The Balaban J connectivity index is 2.34.